The van der Waals surface area contributed by atoms with Crippen molar-refractivity contribution < 1.29 is 22.7 Å². The van der Waals surface area contributed by atoms with Crippen LogP contribution >= 0.6 is 11.6 Å². The lowest BCUT2D eigenvalue weighted by Gasteiger charge is -2.42. The van der Waals surface area contributed by atoms with E-state index in [0.29, 0.717) is 31.0 Å². The number of hydrogen-bond donors (Lipinski definition) is 0. The van der Waals surface area contributed by atoms with E-state index in [0.717, 1.165) is 16.6 Å². The molecule has 2 aliphatic heterocycles. The van der Waals surface area contributed by atoms with Gasteiger partial charge >= 0.3 is 5.97 Å². The van der Waals surface area contributed by atoms with Crippen molar-refractivity contribution in [2.24, 2.45) is 5.92 Å². The lowest BCUT2D eigenvalue weighted by atomic mass is 9.94. The van der Waals surface area contributed by atoms with Crippen LogP contribution in [0.4, 0.5) is 5.82 Å². The third kappa shape index (κ3) is 5.18. The van der Waals surface area contributed by atoms with E-state index in [1.54, 1.807) is 36.5 Å². The van der Waals surface area contributed by atoms with Gasteiger partial charge in [-0.25, -0.2) is 23.2 Å². The summed E-state index contributed by atoms with van der Waals surface area (Å²) in [4.78, 5) is 38.2. The van der Waals surface area contributed by atoms with Gasteiger partial charge < -0.3 is 14.5 Å². The summed E-state index contributed by atoms with van der Waals surface area (Å²) in [6, 6.07) is 10.9. The van der Waals surface area contributed by atoms with E-state index in [2.05, 4.69) is 14.9 Å². The quantitative estimate of drug-likeness (QED) is 0.440. The molecule has 1 aromatic heterocycles. The Hall–Kier alpha value is -3.28. The second-order valence-electron chi connectivity index (χ2n) is 9.42. The summed E-state index contributed by atoms with van der Waals surface area (Å²) in [5.74, 6) is -0.239. The van der Waals surface area contributed by atoms with Crippen LogP contribution in [-0.4, -0.2) is 85.3 Å². The van der Waals surface area contributed by atoms with Crippen LogP contribution in [0.15, 0.2) is 59.9 Å². The van der Waals surface area contributed by atoms with Crippen LogP contribution < -0.4 is 4.90 Å². The maximum atomic E-state index is 13.5. The third-order valence-electron chi connectivity index (χ3n) is 7.25. The van der Waals surface area contributed by atoms with E-state index < -0.39 is 22.0 Å². The Morgan fingerprint density at radius 2 is 1.74 bits per heavy atom. The Morgan fingerprint density at radius 1 is 1.00 bits per heavy atom. The number of aromatic nitrogens is 2. The molecular formula is C26H28ClN5O5S. The number of amides is 1. The topological polar surface area (TPSA) is 113 Å². The molecule has 0 radical (unpaired) electrons. The first-order valence-electron chi connectivity index (χ1n) is 12.4. The lowest BCUT2D eigenvalue weighted by molar-refractivity contribution is -0.157. The van der Waals surface area contributed by atoms with Crippen LogP contribution in [0.2, 0.25) is 5.02 Å². The van der Waals surface area contributed by atoms with Gasteiger partial charge in [0.25, 0.3) is 0 Å². The molecule has 38 heavy (non-hydrogen) atoms. The molecule has 0 spiro atoms. The first-order valence-corrected chi connectivity index (χ1v) is 14.2. The zero-order chi connectivity index (χ0) is 26.9. The second-order valence-corrected chi connectivity index (χ2v) is 11.8. The van der Waals surface area contributed by atoms with Crippen LogP contribution in [0.3, 0.4) is 0 Å². The van der Waals surface area contributed by atoms with Gasteiger partial charge in [0.05, 0.1) is 12.0 Å². The van der Waals surface area contributed by atoms with Crippen molar-refractivity contribution in [3.63, 3.8) is 0 Å². The van der Waals surface area contributed by atoms with Gasteiger partial charge in [-0.15, -0.1) is 0 Å². The number of sulfonamides is 1. The number of ether oxygens (including phenoxy) is 1. The monoisotopic (exact) mass is 557 g/mol. The molecule has 3 heterocycles. The number of anilines is 1. The number of methoxy groups -OCH3 is 1. The number of piperazine rings is 1. The van der Waals surface area contributed by atoms with Crippen LogP contribution in [-0.2, 0) is 24.3 Å². The van der Waals surface area contributed by atoms with Gasteiger partial charge in [-0.2, -0.15) is 4.31 Å². The van der Waals surface area contributed by atoms with Crippen LogP contribution in [0, 0.1) is 5.92 Å². The molecule has 2 saturated heterocycles. The summed E-state index contributed by atoms with van der Waals surface area (Å²) in [5, 5.41) is 2.13. The van der Waals surface area contributed by atoms with Crippen molar-refractivity contribution in [3.05, 3.63) is 60.0 Å². The number of benzene rings is 2. The van der Waals surface area contributed by atoms with Crippen molar-refractivity contribution in [3.8, 4) is 0 Å². The number of fused-ring (bicyclic) bond motifs is 1. The number of rotatable bonds is 5. The first kappa shape index (κ1) is 26.3. The summed E-state index contributed by atoms with van der Waals surface area (Å²) in [6.45, 7) is 1.32. The van der Waals surface area contributed by atoms with Gasteiger partial charge in [-0.1, -0.05) is 23.7 Å². The zero-order valence-electron chi connectivity index (χ0n) is 20.9. The average Bonchev–Trinajstić information content (AvgIpc) is 2.96. The Morgan fingerprint density at radius 3 is 2.45 bits per heavy atom. The van der Waals surface area contributed by atoms with Gasteiger partial charge in [-0.3, -0.25) is 4.79 Å². The molecule has 10 nitrogen and oxygen atoms in total. The minimum atomic E-state index is -3.91. The predicted molar refractivity (Wildman–Crippen MR) is 142 cm³/mol. The lowest BCUT2D eigenvalue weighted by Crippen LogP contribution is -2.61. The van der Waals surface area contributed by atoms with E-state index >= 15 is 0 Å². The third-order valence-corrected chi connectivity index (χ3v) is 9.34. The van der Waals surface area contributed by atoms with Gasteiger partial charge in [0.1, 0.15) is 18.2 Å². The first-order chi connectivity index (χ1) is 18.3. The number of piperidine rings is 1. The second kappa shape index (κ2) is 10.8. The molecule has 1 atom stereocenters. The number of esters is 1. The summed E-state index contributed by atoms with van der Waals surface area (Å²) in [7, 11) is -2.67. The average molecular weight is 558 g/mol. The van der Waals surface area contributed by atoms with Gasteiger partial charge in [-0.05, 0) is 53.9 Å². The van der Waals surface area contributed by atoms with Gasteiger partial charge in [0, 0.05) is 49.9 Å². The Balaban J connectivity index is 1.31. The molecule has 0 bridgehead atoms. The molecular weight excluding hydrogens is 530 g/mol. The number of carbonyl (C=O) groups excluding carboxylic acids is 2. The summed E-state index contributed by atoms with van der Waals surface area (Å²) in [6.07, 6.45) is 4.39. The number of carbonyl (C=O) groups is 2. The molecule has 3 aromatic rings. The molecule has 200 valence electrons. The van der Waals surface area contributed by atoms with Gasteiger partial charge in [0.2, 0.25) is 15.9 Å². The van der Waals surface area contributed by atoms with Crippen molar-refractivity contribution in [1.82, 2.24) is 19.2 Å². The van der Waals surface area contributed by atoms with E-state index in [1.807, 2.05) is 6.07 Å². The Labute approximate surface area is 226 Å². The molecule has 2 aliphatic rings. The van der Waals surface area contributed by atoms with Crippen molar-refractivity contribution in [2.75, 3.05) is 44.7 Å². The smallest absolute Gasteiger partial charge is 0.329 e. The van der Waals surface area contributed by atoms with E-state index in [-0.39, 0.29) is 36.4 Å². The number of halogens is 1. The highest BCUT2D eigenvalue weighted by molar-refractivity contribution is 7.89. The zero-order valence-corrected chi connectivity index (χ0v) is 22.4. The SMILES string of the molecule is COC(=O)C1CN(S(=O)(=O)c2ccc3cc(Cl)ccc3c2)CCN1C(=O)C1CCN(c2ccncn2)CC1. The van der Waals surface area contributed by atoms with Crippen molar-refractivity contribution >= 4 is 50.1 Å². The highest BCUT2D eigenvalue weighted by Gasteiger charge is 2.42. The highest BCUT2D eigenvalue weighted by atomic mass is 35.5. The largest absolute Gasteiger partial charge is 0.467 e. The van der Waals surface area contributed by atoms with Gasteiger partial charge in [0.15, 0.2) is 0 Å². The highest BCUT2D eigenvalue weighted by Crippen LogP contribution is 2.28. The summed E-state index contributed by atoms with van der Waals surface area (Å²) < 4.78 is 33.3. The maximum absolute atomic E-state index is 13.5. The standard InChI is InChI=1S/C26H28ClN5O5S/c1-37-26(34)23-16-31(38(35,36)22-5-3-19-14-21(27)4-2-20(19)15-22)12-13-32(23)25(33)18-7-10-30(11-8-18)24-6-9-28-17-29-24/h2-6,9,14-15,17-18,23H,7-8,10-13,16H2,1H3. The molecule has 2 aromatic carbocycles. The van der Waals surface area contributed by atoms with Crippen molar-refractivity contribution in [1.29, 1.82) is 0 Å². The number of nitrogens with zero attached hydrogens (tertiary/aromatic N) is 5. The Bertz CT molecular complexity index is 1450. The maximum Gasteiger partial charge on any atom is 0.329 e. The van der Waals surface area contributed by atoms with Crippen molar-refractivity contribution in [2.45, 2.75) is 23.8 Å². The fraction of sp³-hybridized carbons (Fsp3) is 0.385. The molecule has 0 saturated carbocycles. The van der Waals surface area contributed by atoms with E-state index in [9.17, 15) is 18.0 Å². The van der Waals surface area contributed by atoms with Crippen LogP contribution in [0.1, 0.15) is 12.8 Å². The molecule has 12 heteroatoms. The predicted octanol–water partition coefficient (Wildman–Crippen LogP) is 2.57. The summed E-state index contributed by atoms with van der Waals surface area (Å²) in [5.41, 5.74) is 0. The minimum Gasteiger partial charge on any atom is -0.467 e. The molecule has 0 aliphatic carbocycles. The van der Waals surface area contributed by atoms with E-state index in [4.69, 9.17) is 16.3 Å². The van der Waals surface area contributed by atoms with E-state index in [1.165, 1.54) is 28.7 Å². The fourth-order valence-electron chi connectivity index (χ4n) is 5.14. The fourth-order valence-corrected chi connectivity index (χ4v) is 6.80. The minimum absolute atomic E-state index is 0.0833. The molecule has 0 N–H and O–H groups in total. The van der Waals surface area contributed by atoms with Crippen LogP contribution in [0.5, 0.6) is 0 Å². The summed E-state index contributed by atoms with van der Waals surface area (Å²) >= 11 is 6.05. The van der Waals surface area contributed by atoms with Crippen LogP contribution in [0.25, 0.3) is 10.8 Å². The normalized spacial score (nSPS) is 19.5. The molecule has 1 amide bonds. The Kier molecular flexibility index (Phi) is 7.51. The number of hydrogen-bond acceptors (Lipinski definition) is 8. The molecule has 5 rings (SSSR count). The molecule has 1 unspecified atom stereocenters. The molecule has 2 fully saturated rings.